The standard InChI is InChI=1S/Fe.K.Mn.Ni.O/q+2;+1;2*+2;-2. The first-order valence-electron chi connectivity index (χ1n) is 0. The fourth-order valence-corrected chi connectivity index (χ4v) is 0. The molecule has 0 aromatic heterocycles. The summed E-state index contributed by atoms with van der Waals surface area (Å²) in [5, 5.41) is 0. The molecule has 0 heterocycles. The second-order valence-corrected chi connectivity index (χ2v) is 0. The fourth-order valence-electron chi connectivity index (χ4n) is 0. The van der Waals surface area contributed by atoms with Crippen LogP contribution in [0.2, 0.25) is 0 Å². The first-order chi connectivity index (χ1) is 0. The monoisotopic (exact) mass is 224 g/mol. The van der Waals surface area contributed by atoms with Gasteiger partial charge < -0.3 is 5.48 Å². The van der Waals surface area contributed by atoms with Gasteiger partial charge in [0, 0.05) is 0 Å². The molecule has 5 heavy (non-hydrogen) atoms. The van der Waals surface area contributed by atoms with Gasteiger partial charge in [-0.05, 0) is 0 Å². The minimum absolute atomic E-state index is 0. The van der Waals surface area contributed by atoms with Crippen molar-refractivity contribution in [3.05, 3.63) is 0 Å². The first kappa shape index (κ1) is 42.2. The van der Waals surface area contributed by atoms with E-state index in [0.29, 0.717) is 0 Å². The molecule has 0 saturated carbocycles. The Kier molecular flexibility index (Phi) is 231. The van der Waals surface area contributed by atoms with Crippen LogP contribution in [0.25, 0.3) is 0 Å². The Balaban J connectivity index is 0. The van der Waals surface area contributed by atoms with Gasteiger partial charge in [0.1, 0.15) is 0 Å². The van der Waals surface area contributed by atoms with Crippen LogP contribution in [0.3, 0.4) is 0 Å². The van der Waals surface area contributed by atoms with E-state index in [0.717, 1.165) is 0 Å². The summed E-state index contributed by atoms with van der Waals surface area (Å²) in [6.07, 6.45) is 0. The van der Waals surface area contributed by atoms with Crippen molar-refractivity contribution in [2.24, 2.45) is 0 Å². The second-order valence-electron chi connectivity index (χ2n) is 0. The molecule has 0 aromatic rings. The molecule has 0 amide bonds. The van der Waals surface area contributed by atoms with Crippen LogP contribution in [0.5, 0.6) is 0 Å². The van der Waals surface area contributed by atoms with Crippen molar-refractivity contribution in [1.29, 1.82) is 0 Å². The third-order valence-corrected chi connectivity index (χ3v) is 0. The molecule has 0 atom stereocenters. The predicted octanol–water partition coefficient (Wildman–Crippen LogP) is -3.12. The van der Waals surface area contributed by atoms with Gasteiger partial charge in [-0.25, -0.2) is 0 Å². The van der Waals surface area contributed by atoms with E-state index in [9.17, 15) is 0 Å². The minimum Gasteiger partial charge on any atom is -2.00 e. The van der Waals surface area contributed by atoms with E-state index >= 15 is 0 Å². The van der Waals surface area contributed by atoms with Gasteiger partial charge >= 0.3 is 102 Å². The van der Waals surface area contributed by atoms with E-state index < -0.39 is 0 Å². The Labute approximate surface area is 105 Å². The largest absolute Gasteiger partial charge is 2.00 e. The Morgan fingerprint density at radius 1 is 1.00 bits per heavy atom. The van der Waals surface area contributed by atoms with E-state index in [2.05, 4.69) is 0 Å². The van der Waals surface area contributed by atoms with Gasteiger partial charge in [0.15, 0.2) is 0 Å². The molecule has 0 bridgehead atoms. The number of rotatable bonds is 0. The summed E-state index contributed by atoms with van der Waals surface area (Å²) in [4.78, 5) is 0. The maximum absolute atomic E-state index is 0. The first-order valence-corrected chi connectivity index (χ1v) is 0. The molecule has 0 aromatic carbocycles. The van der Waals surface area contributed by atoms with Crippen LogP contribution >= 0.6 is 0 Å². The van der Waals surface area contributed by atoms with Gasteiger partial charge in [-0.2, -0.15) is 0 Å². The summed E-state index contributed by atoms with van der Waals surface area (Å²) < 4.78 is 0. The van der Waals surface area contributed by atoms with Crippen LogP contribution in [-0.4, -0.2) is 0 Å². The summed E-state index contributed by atoms with van der Waals surface area (Å²) in [7, 11) is 0. The Morgan fingerprint density at radius 2 is 1.00 bits per heavy atom. The van der Waals surface area contributed by atoms with Crippen molar-refractivity contribution in [3.63, 3.8) is 0 Å². The zero-order valence-corrected chi connectivity index (χ0v) is 8.85. The Morgan fingerprint density at radius 3 is 1.00 bits per heavy atom. The van der Waals surface area contributed by atoms with Crippen LogP contribution in [0.15, 0.2) is 0 Å². The predicted molar refractivity (Wildman–Crippen MR) is 0.686 cm³/mol. The fraction of sp³-hybridized carbons (Fsp3) is 0. The van der Waals surface area contributed by atoms with E-state index in [1.165, 1.54) is 0 Å². The van der Waals surface area contributed by atoms with Gasteiger partial charge in [-0.1, -0.05) is 0 Å². The van der Waals surface area contributed by atoms with E-state index in [-0.39, 0.29) is 107 Å². The van der Waals surface area contributed by atoms with Crippen LogP contribution < -0.4 is 51.4 Å². The van der Waals surface area contributed by atoms with Crippen LogP contribution in [0.1, 0.15) is 0 Å². The second kappa shape index (κ2) is 27.4. The molecule has 0 saturated heterocycles. The third kappa shape index (κ3) is 19.2. The summed E-state index contributed by atoms with van der Waals surface area (Å²) in [5.74, 6) is 0. The summed E-state index contributed by atoms with van der Waals surface area (Å²) in [6, 6.07) is 0. The molecule has 0 aliphatic rings. The number of hydrogen-bond acceptors (Lipinski definition) is 0. The van der Waals surface area contributed by atoms with Gasteiger partial charge in [-0.3, -0.25) is 0 Å². The molecule has 0 rings (SSSR count). The molecule has 0 N–H and O–H groups in total. The van der Waals surface area contributed by atoms with Crippen molar-refractivity contribution in [1.82, 2.24) is 0 Å². The summed E-state index contributed by atoms with van der Waals surface area (Å²) >= 11 is 0. The van der Waals surface area contributed by atoms with Gasteiger partial charge in [0.25, 0.3) is 0 Å². The molecule has 1 radical (unpaired) electrons. The molecule has 1 nitrogen and oxygen atoms in total. The van der Waals surface area contributed by atoms with Crippen LogP contribution in [0, 0.1) is 0 Å². The topological polar surface area (TPSA) is 28.5 Å². The summed E-state index contributed by atoms with van der Waals surface area (Å²) in [5.41, 5.74) is 0. The molecule has 0 aliphatic heterocycles. The zero-order chi connectivity index (χ0) is 0. The van der Waals surface area contributed by atoms with Crippen molar-refractivity contribution < 1.29 is 107 Å². The average Bonchev–Trinajstić information content (AvgIpc) is 0. The maximum atomic E-state index is 0. The molecule has 0 spiro atoms. The maximum Gasteiger partial charge on any atom is 2.00 e. The molecular formula is FeKMnNiO+5. The van der Waals surface area contributed by atoms with Gasteiger partial charge in [0.05, 0.1) is 0 Å². The van der Waals surface area contributed by atoms with Crippen molar-refractivity contribution in [2.75, 3.05) is 0 Å². The van der Waals surface area contributed by atoms with Gasteiger partial charge in [0.2, 0.25) is 0 Å². The zero-order valence-electron chi connectivity index (χ0n) is 2.46. The van der Waals surface area contributed by atoms with Crippen molar-refractivity contribution >= 4 is 0 Å². The normalized spacial score (nSPS) is 0. The summed E-state index contributed by atoms with van der Waals surface area (Å²) in [6.45, 7) is 0. The van der Waals surface area contributed by atoms with Crippen molar-refractivity contribution in [3.8, 4) is 0 Å². The molecule has 0 aliphatic carbocycles. The minimum atomic E-state index is 0. The molecule has 27 valence electrons. The Bertz CT molecular complexity index is 11.6. The van der Waals surface area contributed by atoms with E-state index in [1.54, 1.807) is 0 Å². The van der Waals surface area contributed by atoms with E-state index in [1.807, 2.05) is 0 Å². The van der Waals surface area contributed by atoms with Crippen LogP contribution in [0.4, 0.5) is 0 Å². The number of hydrogen-bond donors (Lipinski definition) is 0. The smallest absolute Gasteiger partial charge is 2.00 e. The van der Waals surface area contributed by atoms with Crippen molar-refractivity contribution in [2.45, 2.75) is 0 Å². The third-order valence-electron chi connectivity index (χ3n) is 0. The SMILES string of the molecule is [Fe+2].[K+].[Mn+2].[Ni+2].[O-2]. The van der Waals surface area contributed by atoms with E-state index in [4.69, 9.17) is 0 Å². The quantitative estimate of drug-likeness (QED) is 0.390. The molecular weight excluding hydrogens is 225 g/mol. The van der Waals surface area contributed by atoms with Gasteiger partial charge in [-0.15, -0.1) is 0 Å². The Hall–Kier alpha value is 3.13. The average molecular weight is 225 g/mol. The van der Waals surface area contributed by atoms with Crippen LogP contribution in [-0.2, 0) is 56.1 Å². The molecule has 0 fully saturated rings. The molecule has 5 heteroatoms. The molecule has 0 unspecified atom stereocenters.